The van der Waals surface area contributed by atoms with Crippen LogP contribution in [-0.2, 0) is 21.6 Å². The van der Waals surface area contributed by atoms with E-state index in [1.165, 1.54) is 0 Å². The molecule has 0 spiro atoms. The van der Waals surface area contributed by atoms with Crippen LogP contribution < -0.4 is 20.5 Å². The van der Waals surface area contributed by atoms with Gasteiger partial charge in [0.2, 0.25) is 5.91 Å². The third-order valence-electron chi connectivity index (χ3n) is 15.6. The number of nitrogens with one attached hydrogen (secondary N) is 2. The van der Waals surface area contributed by atoms with Gasteiger partial charge < -0.3 is 64.9 Å². The monoisotopic (exact) mass is 916 g/mol. The number of nitrogens with zero attached hydrogens (tertiary/aromatic N) is 2. The lowest BCUT2D eigenvalue weighted by Crippen LogP contribution is -2.51. The van der Waals surface area contributed by atoms with E-state index in [1.807, 2.05) is 43.3 Å². The number of ether oxygens (including phenoxy) is 3. The van der Waals surface area contributed by atoms with Gasteiger partial charge in [-0.3, -0.25) is 9.59 Å². The van der Waals surface area contributed by atoms with Crippen molar-refractivity contribution in [2.24, 2.45) is 17.6 Å². The number of fused-ring (bicyclic) bond motifs is 2. The number of carbonyl (C=O) groups is 2. The van der Waals surface area contributed by atoms with E-state index < -0.39 is 22.5 Å². The fourth-order valence-electron chi connectivity index (χ4n) is 11.2. The summed E-state index contributed by atoms with van der Waals surface area (Å²) in [4.78, 5) is 36.9. The molecule has 15 heteroatoms. The number of nitrogens with two attached hydrogens (primary N) is 1. The number of likely N-dealkylation sites (tertiary alicyclic amines) is 2. The van der Waals surface area contributed by atoms with Crippen molar-refractivity contribution in [3.63, 3.8) is 0 Å². The SMILES string of the molecule is CCOCCOc1ccc2c(COc3cccc4[nH]c(C(=O)NC5CCC(O)(CCN6CC[C@H](O)[C@@H](C)C6)CC5)c(C5(C(N)=O)CCC(O)(CCN6CC[C@H](O)[C@@H](C)C6)CC5)c34)coc2c1. The van der Waals surface area contributed by atoms with Crippen LogP contribution in [0.3, 0.4) is 0 Å². The second-order valence-electron chi connectivity index (χ2n) is 20.2. The van der Waals surface area contributed by atoms with Gasteiger partial charge in [-0.1, -0.05) is 19.9 Å². The molecule has 8 N–H and O–H groups in total. The third-order valence-corrected chi connectivity index (χ3v) is 15.6. The topological polar surface area (TPSA) is 216 Å². The van der Waals surface area contributed by atoms with Crippen molar-refractivity contribution in [3.05, 3.63) is 59.5 Å². The van der Waals surface area contributed by atoms with Gasteiger partial charge in [0.15, 0.2) is 0 Å². The van der Waals surface area contributed by atoms with Crippen molar-refractivity contribution in [1.29, 1.82) is 0 Å². The summed E-state index contributed by atoms with van der Waals surface area (Å²) in [6.45, 7) is 12.3. The number of H-pyrrole nitrogens is 1. The first-order valence-corrected chi connectivity index (χ1v) is 24.5. The fourth-order valence-corrected chi connectivity index (χ4v) is 11.2. The quantitative estimate of drug-likeness (QED) is 0.0614. The largest absolute Gasteiger partial charge is 0.491 e. The number of aromatic nitrogens is 1. The van der Waals surface area contributed by atoms with E-state index in [4.69, 9.17) is 24.4 Å². The lowest BCUT2D eigenvalue weighted by atomic mass is 9.63. The van der Waals surface area contributed by atoms with Crippen LogP contribution in [-0.4, -0.2) is 136 Å². The van der Waals surface area contributed by atoms with Crippen LogP contribution in [0.4, 0.5) is 0 Å². The Hall–Kier alpha value is -4.22. The Morgan fingerprint density at radius 1 is 0.864 bits per heavy atom. The molecule has 0 radical (unpaired) electrons. The standard InChI is InChI=1S/C51H73N5O10/c1-4-63-26-27-64-37-8-9-38-35(32-66-43(38)28-37)31-65-42-7-5-6-39-44(42)45(51(48(52)60)18-16-50(62,17-19-51)21-25-56-23-13-41(58)34(3)30-56)46(54-39)47(59)53-36-10-14-49(61,15-11-36)20-24-55-22-12-40(57)33(2)29-55/h5-9,28,32-34,36,40-41,54,57-58,61-62H,4,10-27,29-31H2,1-3H3,(H2,52,60)(H,53,59)/t33-,34-,36?,40-,41-,49?,50?,51?/m0/s1. The van der Waals surface area contributed by atoms with Crippen molar-refractivity contribution in [1.82, 2.24) is 20.1 Å². The van der Waals surface area contributed by atoms with Gasteiger partial charge in [0.05, 0.1) is 47.2 Å². The summed E-state index contributed by atoms with van der Waals surface area (Å²) in [6.07, 6.45) is 7.09. The van der Waals surface area contributed by atoms with Gasteiger partial charge in [-0.25, -0.2) is 0 Å². The van der Waals surface area contributed by atoms with E-state index >= 15 is 0 Å². The molecule has 4 aliphatic rings. The number of aliphatic hydroxyl groups is 4. The molecule has 2 aromatic carbocycles. The zero-order valence-corrected chi connectivity index (χ0v) is 39.2. The summed E-state index contributed by atoms with van der Waals surface area (Å²) >= 11 is 0. The van der Waals surface area contributed by atoms with E-state index in [-0.39, 0.29) is 61.1 Å². The Kier molecular flexibility index (Phi) is 15.0. The summed E-state index contributed by atoms with van der Waals surface area (Å²) in [5.74, 6) is 0.595. The van der Waals surface area contributed by atoms with Crippen molar-refractivity contribution in [3.8, 4) is 11.5 Å². The molecule has 8 rings (SSSR count). The third kappa shape index (κ3) is 10.7. The van der Waals surface area contributed by atoms with Gasteiger partial charge in [-0.15, -0.1) is 0 Å². The number of benzene rings is 2. The lowest BCUT2D eigenvalue weighted by Gasteiger charge is -2.44. The number of aromatic amines is 1. The molecule has 2 saturated carbocycles. The molecule has 15 nitrogen and oxygen atoms in total. The molecule has 4 atom stereocenters. The molecular formula is C51H73N5O10. The first-order valence-electron chi connectivity index (χ1n) is 24.5. The molecule has 4 heterocycles. The van der Waals surface area contributed by atoms with Gasteiger partial charge >= 0.3 is 0 Å². The number of rotatable bonds is 18. The number of aliphatic hydroxyl groups excluding tert-OH is 2. The summed E-state index contributed by atoms with van der Waals surface area (Å²) < 4.78 is 23.8. The Bertz CT molecular complexity index is 2280. The molecule has 2 aliphatic heterocycles. The number of amides is 2. The summed E-state index contributed by atoms with van der Waals surface area (Å²) in [5.41, 5.74) is 6.14. The summed E-state index contributed by atoms with van der Waals surface area (Å²) in [7, 11) is 0. The van der Waals surface area contributed by atoms with Crippen molar-refractivity contribution < 1.29 is 48.6 Å². The van der Waals surface area contributed by atoms with Crippen molar-refractivity contribution >= 4 is 33.7 Å². The Labute approximate surface area is 388 Å². The molecule has 0 bridgehead atoms. The van der Waals surface area contributed by atoms with Crippen LogP contribution in [0.25, 0.3) is 21.9 Å². The molecular weight excluding hydrogens is 843 g/mol. The zero-order valence-electron chi connectivity index (χ0n) is 39.2. The summed E-state index contributed by atoms with van der Waals surface area (Å²) in [5, 5.41) is 48.9. The molecule has 4 aromatic rings. The van der Waals surface area contributed by atoms with Crippen LogP contribution >= 0.6 is 0 Å². The number of primary amides is 1. The van der Waals surface area contributed by atoms with Crippen LogP contribution in [0.5, 0.6) is 11.5 Å². The highest BCUT2D eigenvalue weighted by atomic mass is 16.5. The molecule has 362 valence electrons. The molecule has 66 heavy (non-hydrogen) atoms. The first kappa shape index (κ1) is 48.2. The predicted octanol–water partition coefficient (Wildman–Crippen LogP) is 5.53. The molecule has 4 fully saturated rings. The number of hydrogen-bond donors (Lipinski definition) is 7. The van der Waals surface area contributed by atoms with E-state index in [0.717, 1.165) is 50.1 Å². The highest BCUT2D eigenvalue weighted by Gasteiger charge is 2.50. The second kappa shape index (κ2) is 20.6. The van der Waals surface area contributed by atoms with Crippen molar-refractivity contribution in [2.75, 3.05) is 59.1 Å². The molecule has 2 amide bonds. The van der Waals surface area contributed by atoms with Gasteiger partial charge in [-0.05, 0) is 120 Å². The Balaban J connectivity index is 1.03. The Morgan fingerprint density at radius 2 is 1.52 bits per heavy atom. The highest BCUT2D eigenvalue weighted by Crippen LogP contribution is 2.50. The van der Waals surface area contributed by atoms with E-state index in [0.29, 0.717) is 118 Å². The minimum atomic E-state index is -1.30. The smallest absolute Gasteiger partial charge is 0.268 e. The lowest BCUT2D eigenvalue weighted by molar-refractivity contribution is -0.127. The van der Waals surface area contributed by atoms with Gasteiger partial charge in [0.25, 0.3) is 5.91 Å². The predicted molar refractivity (Wildman–Crippen MR) is 251 cm³/mol. The van der Waals surface area contributed by atoms with Crippen LogP contribution in [0.1, 0.15) is 119 Å². The molecule has 2 aliphatic carbocycles. The molecule has 0 unspecified atom stereocenters. The van der Waals surface area contributed by atoms with Crippen LogP contribution in [0.2, 0.25) is 0 Å². The number of furan rings is 1. The maximum absolute atomic E-state index is 14.7. The van der Waals surface area contributed by atoms with Crippen molar-refractivity contribution in [2.45, 2.75) is 139 Å². The normalized spacial score (nSPS) is 30.1. The average molecular weight is 916 g/mol. The van der Waals surface area contributed by atoms with E-state index in [1.54, 1.807) is 6.26 Å². The van der Waals surface area contributed by atoms with Crippen LogP contribution in [0, 0.1) is 11.8 Å². The maximum atomic E-state index is 14.7. The second-order valence-corrected chi connectivity index (χ2v) is 20.2. The zero-order chi connectivity index (χ0) is 46.6. The number of carbonyl (C=O) groups excluding carboxylic acids is 2. The minimum Gasteiger partial charge on any atom is -0.491 e. The van der Waals surface area contributed by atoms with Gasteiger partial charge in [0, 0.05) is 79.9 Å². The maximum Gasteiger partial charge on any atom is 0.268 e. The fraction of sp³-hybridized carbons (Fsp3) is 0.647. The minimum absolute atomic E-state index is 0.141. The van der Waals surface area contributed by atoms with E-state index in [2.05, 4.69) is 33.9 Å². The molecule has 2 aromatic heterocycles. The first-order chi connectivity index (χ1) is 31.7. The average Bonchev–Trinajstić information content (AvgIpc) is 3.91. The van der Waals surface area contributed by atoms with Crippen LogP contribution in [0.15, 0.2) is 47.1 Å². The molecule has 2 saturated heterocycles. The van der Waals surface area contributed by atoms with E-state index in [9.17, 15) is 30.0 Å². The number of piperidine rings is 2. The highest BCUT2D eigenvalue weighted by molar-refractivity contribution is 6.07. The number of hydrogen-bond acceptors (Lipinski definition) is 12. The summed E-state index contributed by atoms with van der Waals surface area (Å²) in [6, 6.07) is 11.0. The van der Waals surface area contributed by atoms with Gasteiger partial charge in [-0.2, -0.15) is 0 Å². The Morgan fingerprint density at radius 3 is 2.14 bits per heavy atom. The van der Waals surface area contributed by atoms with Gasteiger partial charge in [0.1, 0.15) is 36.0 Å².